The normalized spacial score (nSPS) is 10.3. The van der Waals surface area contributed by atoms with E-state index in [4.69, 9.17) is 4.74 Å². The number of rotatable bonds is 5. The number of carbonyl (C=O) groups is 1. The maximum absolute atomic E-state index is 13.7. The van der Waals surface area contributed by atoms with Gasteiger partial charge in [-0.2, -0.15) is 0 Å². The average Bonchev–Trinajstić information content (AvgIpc) is 2.62. The molecule has 26 heavy (non-hydrogen) atoms. The number of pyridine rings is 1. The first kappa shape index (κ1) is 17.1. The summed E-state index contributed by atoms with van der Waals surface area (Å²) in [5.74, 6) is -1.12. The second-order valence-corrected chi connectivity index (χ2v) is 5.17. The number of hydrogen-bond donors (Lipinski definition) is 3. The zero-order valence-corrected chi connectivity index (χ0v) is 13.3. The van der Waals surface area contributed by atoms with Crippen molar-refractivity contribution in [3.05, 3.63) is 86.6 Å². The molecule has 0 bridgehead atoms. The Morgan fingerprint density at radius 1 is 1.19 bits per heavy atom. The molecule has 0 saturated heterocycles. The van der Waals surface area contributed by atoms with Crippen LogP contribution in [0, 0.1) is 5.82 Å². The molecule has 8 nitrogen and oxygen atoms in total. The van der Waals surface area contributed by atoms with Gasteiger partial charge in [0.25, 0.3) is 11.5 Å². The summed E-state index contributed by atoms with van der Waals surface area (Å²) >= 11 is 0. The molecule has 3 rings (SSSR count). The van der Waals surface area contributed by atoms with Gasteiger partial charge in [0, 0.05) is 24.5 Å². The van der Waals surface area contributed by atoms with Crippen LogP contribution in [0.4, 0.5) is 4.39 Å². The van der Waals surface area contributed by atoms with Gasteiger partial charge in [-0.3, -0.25) is 14.6 Å². The quantitative estimate of drug-likeness (QED) is 0.637. The highest BCUT2D eigenvalue weighted by Gasteiger charge is 2.13. The van der Waals surface area contributed by atoms with Gasteiger partial charge in [-0.15, -0.1) is 0 Å². The molecule has 0 saturated carbocycles. The molecule has 0 unspecified atom stereocenters. The van der Waals surface area contributed by atoms with Crippen molar-refractivity contribution >= 4 is 5.91 Å². The Morgan fingerprint density at radius 3 is 2.77 bits per heavy atom. The van der Waals surface area contributed by atoms with Crippen LogP contribution < -0.4 is 21.3 Å². The number of hydrogen-bond acceptors (Lipinski definition) is 5. The number of halogens is 1. The topological polar surface area (TPSA) is 117 Å². The number of amides is 1. The molecule has 3 aromatic rings. The fourth-order valence-electron chi connectivity index (χ4n) is 2.13. The summed E-state index contributed by atoms with van der Waals surface area (Å²) in [7, 11) is 0. The molecule has 0 atom stereocenters. The van der Waals surface area contributed by atoms with E-state index in [1.54, 1.807) is 18.2 Å². The standard InChI is InChI=1S/C17H13FN4O4/c18-12-5-1-2-6-13(12)26-16-10(4-3-7-19-16)8-20-14(23)11-9-21-17(25)22-15(11)24/h1-7,9H,8H2,(H,20,23)(H2,21,22,24,25). The summed E-state index contributed by atoms with van der Waals surface area (Å²) in [5, 5.41) is 2.52. The predicted octanol–water partition coefficient (Wildman–Crippen LogP) is 1.32. The van der Waals surface area contributed by atoms with Gasteiger partial charge in [-0.05, 0) is 18.2 Å². The lowest BCUT2D eigenvalue weighted by Gasteiger charge is -2.11. The van der Waals surface area contributed by atoms with Crippen molar-refractivity contribution < 1.29 is 13.9 Å². The summed E-state index contributed by atoms with van der Waals surface area (Å²) in [6.45, 7) is -0.0188. The van der Waals surface area contributed by atoms with Gasteiger partial charge < -0.3 is 15.0 Å². The number of nitrogens with zero attached hydrogens (tertiary/aromatic N) is 1. The molecule has 132 valence electrons. The number of carbonyl (C=O) groups excluding carboxylic acids is 1. The van der Waals surface area contributed by atoms with Crippen molar-refractivity contribution in [3.8, 4) is 11.6 Å². The Kier molecular flexibility index (Phi) is 4.88. The second-order valence-electron chi connectivity index (χ2n) is 5.17. The van der Waals surface area contributed by atoms with E-state index >= 15 is 0 Å². The lowest BCUT2D eigenvalue weighted by atomic mass is 10.2. The van der Waals surface area contributed by atoms with E-state index in [9.17, 15) is 18.8 Å². The van der Waals surface area contributed by atoms with E-state index in [2.05, 4.69) is 15.3 Å². The van der Waals surface area contributed by atoms with E-state index in [1.807, 2.05) is 4.98 Å². The second kappa shape index (κ2) is 7.43. The van der Waals surface area contributed by atoms with Crippen LogP contribution in [0.5, 0.6) is 11.6 Å². The van der Waals surface area contributed by atoms with Gasteiger partial charge in [0.15, 0.2) is 11.6 Å². The van der Waals surface area contributed by atoms with Gasteiger partial charge in [0.05, 0.1) is 0 Å². The summed E-state index contributed by atoms with van der Waals surface area (Å²) < 4.78 is 19.2. The van der Waals surface area contributed by atoms with Gasteiger partial charge in [0.2, 0.25) is 5.88 Å². The minimum Gasteiger partial charge on any atom is -0.436 e. The molecule has 0 aliphatic heterocycles. The lowest BCUT2D eigenvalue weighted by molar-refractivity contribution is 0.0948. The summed E-state index contributed by atoms with van der Waals surface area (Å²) in [4.78, 5) is 42.9. The van der Waals surface area contributed by atoms with Crippen LogP contribution in [-0.2, 0) is 6.54 Å². The summed E-state index contributed by atoms with van der Waals surface area (Å²) in [5.41, 5.74) is -1.28. The first-order valence-corrected chi connectivity index (χ1v) is 7.51. The van der Waals surface area contributed by atoms with Crippen molar-refractivity contribution in [2.24, 2.45) is 0 Å². The molecule has 0 spiro atoms. The zero-order valence-electron chi connectivity index (χ0n) is 13.3. The molecule has 0 radical (unpaired) electrons. The highest BCUT2D eigenvalue weighted by Crippen LogP contribution is 2.25. The number of aromatic nitrogens is 3. The molecule has 3 N–H and O–H groups in total. The molecule has 0 aliphatic carbocycles. The van der Waals surface area contributed by atoms with Crippen LogP contribution in [0.2, 0.25) is 0 Å². The number of nitrogens with one attached hydrogen (secondary N) is 3. The SMILES string of the molecule is O=C(NCc1cccnc1Oc1ccccc1F)c1c[nH]c(=O)[nH]c1=O. The largest absolute Gasteiger partial charge is 0.436 e. The van der Waals surface area contributed by atoms with Crippen molar-refractivity contribution in [2.75, 3.05) is 0 Å². The highest BCUT2D eigenvalue weighted by molar-refractivity contribution is 5.93. The molecule has 2 aromatic heterocycles. The number of H-pyrrole nitrogens is 2. The fourth-order valence-corrected chi connectivity index (χ4v) is 2.13. The smallest absolute Gasteiger partial charge is 0.325 e. The molecule has 1 aromatic carbocycles. The third kappa shape index (κ3) is 3.83. The van der Waals surface area contributed by atoms with E-state index in [0.29, 0.717) is 5.56 Å². The fraction of sp³-hybridized carbons (Fsp3) is 0.0588. The van der Waals surface area contributed by atoms with Crippen molar-refractivity contribution in [3.63, 3.8) is 0 Å². The third-order valence-corrected chi connectivity index (χ3v) is 3.40. The Balaban J connectivity index is 1.76. The minimum atomic E-state index is -0.805. The molecule has 9 heteroatoms. The molecule has 0 fully saturated rings. The Hall–Kier alpha value is -3.75. The van der Waals surface area contributed by atoms with Gasteiger partial charge in [-0.25, -0.2) is 14.2 Å². The lowest BCUT2D eigenvalue weighted by Crippen LogP contribution is -2.33. The number of ether oxygens (including phenoxy) is 1. The van der Waals surface area contributed by atoms with Crippen LogP contribution in [0.1, 0.15) is 15.9 Å². The molecular weight excluding hydrogens is 343 g/mol. The van der Waals surface area contributed by atoms with Crippen LogP contribution in [0.3, 0.4) is 0 Å². The van der Waals surface area contributed by atoms with E-state index < -0.39 is 23.0 Å². The van der Waals surface area contributed by atoms with Crippen molar-refractivity contribution in [2.45, 2.75) is 6.54 Å². The zero-order chi connectivity index (χ0) is 18.5. The number of aromatic amines is 2. The maximum atomic E-state index is 13.7. The molecule has 1 amide bonds. The third-order valence-electron chi connectivity index (χ3n) is 3.40. The van der Waals surface area contributed by atoms with Crippen molar-refractivity contribution in [1.29, 1.82) is 0 Å². The average molecular weight is 356 g/mol. The summed E-state index contributed by atoms with van der Waals surface area (Å²) in [6, 6.07) is 9.12. The van der Waals surface area contributed by atoms with Gasteiger partial charge >= 0.3 is 5.69 Å². The van der Waals surface area contributed by atoms with Crippen LogP contribution in [0.25, 0.3) is 0 Å². The first-order valence-electron chi connectivity index (χ1n) is 7.51. The molecular formula is C17H13FN4O4. The predicted molar refractivity (Wildman–Crippen MR) is 89.6 cm³/mol. The van der Waals surface area contributed by atoms with E-state index in [1.165, 1.54) is 24.4 Å². The Morgan fingerprint density at radius 2 is 2.00 bits per heavy atom. The number of para-hydroxylation sites is 1. The van der Waals surface area contributed by atoms with Crippen LogP contribution >= 0.6 is 0 Å². The van der Waals surface area contributed by atoms with Gasteiger partial charge in [-0.1, -0.05) is 18.2 Å². The first-order chi connectivity index (χ1) is 12.5. The maximum Gasteiger partial charge on any atom is 0.325 e. The van der Waals surface area contributed by atoms with Gasteiger partial charge in [0.1, 0.15) is 5.56 Å². The van der Waals surface area contributed by atoms with Crippen molar-refractivity contribution in [1.82, 2.24) is 20.3 Å². The highest BCUT2D eigenvalue weighted by atomic mass is 19.1. The minimum absolute atomic E-state index is 0.00384. The van der Waals surface area contributed by atoms with E-state index in [-0.39, 0.29) is 23.7 Å². The summed E-state index contributed by atoms with van der Waals surface area (Å²) in [6.07, 6.45) is 2.49. The number of benzene rings is 1. The van der Waals surface area contributed by atoms with Crippen LogP contribution in [0.15, 0.2) is 58.4 Å². The Bertz CT molecular complexity index is 1060. The van der Waals surface area contributed by atoms with Crippen LogP contribution in [-0.4, -0.2) is 20.9 Å². The monoisotopic (exact) mass is 356 g/mol. The Labute approximate surface area is 145 Å². The molecule has 2 heterocycles. The molecule has 0 aliphatic rings. The van der Waals surface area contributed by atoms with E-state index in [0.717, 1.165) is 6.20 Å².